The minimum Gasteiger partial charge on any atom is -0.459 e. The molecule has 2 N–H and O–H groups in total. The van der Waals surface area contributed by atoms with Crippen molar-refractivity contribution < 1.29 is 19.1 Å². The van der Waals surface area contributed by atoms with Gasteiger partial charge in [0.15, 0.2) is 0 Å². The third-order valence-electron chi connectivity index (χ3n) is 6.59. The highest BCUT2D eigenvalue weighted by Crippen LogP contribution is 2.25. The number of amides is 3. The van der Waals surface area contributed by atoms with E-state index in [-0.39, 0.29) is 17.9 Å². The molecular weight excluding hydrogens is 496 g/mol. The molecule has 0 radical (unpaired) electrons. The standard InChI is InChI=1S/C30H26N4O5/c1-19-10-9-15-25(20(19)2)34-28(36)23(27(32-34)22-13-7-4-8-14-22)16-24-29(37)33(30(38)31-24)17-26(35)39-18-21-11-5-3-6-12-21/h3-16,32H,17-18H2,1-2H3,(H,31,38)/b24-16-. The normalized spacial score (nSPS) is 14.1. The summed E-state index contributed by atoms with van der Waals surface area (Å²) < 4.78 is 6.65. The number of hydrogen-bond donors (Lipinski definition) is 2. The highest BCUT2D eigenvalue weighted by Gasteiger charge is 2.36. The maximum Gasteiger partial charge on any atom is 0.329 e. The maximum atomic E-state index is 13.7. The number of ether oxygens (including phenoxy) is 1. The zero-order valence-corrected chi connectivity index (χ0v) is 21.4. The lowest BCUT2D eigenvalue weighted by atomic mass is 10.1. The molecule has 1 aliphatic heterocycles. The van der Waals surface area contributed by atoms with Crippen LogP contribution in [-0.4, -0.2) is 39.1 Å². The van der Waals surface area contributed by atoms with Crippen molar-refractivity contribution in [2.24, 2.45) is 0 Å². The molecule has 3 aromatic carbocycles. The molecule has 2 heterocycles. The van der Waals surface area contributed by atoms with Crippen LogP contribution in [0.5, 0.6) is 0 Å². The summed E-state index contributed by atoms with van der Waals surface area (Å²) in [5, 5.41) is 5.66. The molecule has 39 heavy (non-hydrogen) atoms. The SMILES string of the molecule is Cc1cccc(-n2[nH]c(-c3ccccc3)c(/C=C3\NC(=O)N(CC(=O)OCc4ccccc4)C3=O)c2=O)c1C. The van der Waals surface area contributed by atoms with Crippen LogP contribution in [0.2, 0.25) is 0 Å². The third kappa shape index (κ3) is 5.15. The molecule has 3 amide bonds. The Morgan fingerprint density at radius 1 is 0.897 bits per heavy atom. The second kappa shape index (κ2) is 10.7. The number of rotatable bonds is 7. The van der Waals surface area contributed by atoms with Gasteiger partial charge in [-0.05, 0) is 42.7 Å². The Morgan fingerprint density at radius 2 is 1.59 bits per heavy atom. The first-order chi connectivity index (χ1) is 18.8. The predicted molar refractivity (Wildman–Crippen MR) is 146 cm³/mol. The second-order valence-corrected chi connectivity index (χ2v) is 9.15. The van der Waals surface area contributed by atoms with Crippen molar-refractivity contribution in [1.82, 2.24) is 20.0 Å². The van der Waals surface area contributed by atoms with Gasteiger partial charge in [0.05, 0.1) is 16.9 Å². The van der Waals surface area contributed by atoms with Crippen LogP contribution in [0.4, 0.5) is 4.79 Å². The number of carbonyl (C=O) groups is 3. The average Bonchev–Trinajstić information content (AvgIpc) is 3.41. The predicted octanol–water partition coefficient (Wildman–Crippen LogP) is 4.09. The summed E-state index contributed by atoms with van der Waals surface area (Å²) in [7, 11) is 0. The van der Waals surface area contributed by atoms with Gasteiger partial charge in [-0.2, -0.15) is 0 Å². The number of nitrogens with zero attached hydrogens (tertiary/aromatic N) is 2. The first-order valence-electron chi connectivity index (χ1n) is 12.3. The summed E-state index contributed by atoms with van der Waals surface area (Å²) in [6.45, 7) is 3.35. The topological polar surface area (TPSA) is 114 Å². The van der Waals surface area contributed by atoms with Gasteiger partial charge in [0.1, 0.15) is 18.8 Å². The molecule has 9 heteroatoms. The number of imide groups is 1. The Balaban J connectivity index is 1.46. The summed E-state index contributed by atoms with van der Waals surface area (Å²) in [5.41, 5.74) is 4.29. The molecule has 9 nitrogen and oxygen atoms in total. The van der Waals surface area contributed by atoms with E-state index in [0.29, 0.717) is 11.4 Å². The molecule has 1 fully saturated rings. The third-order valence-corrected chi connectivity index (χ3v) is 6.59. The van der Waals surface area contributed by atoms with Gasteiger partial charge >= 0.3 is 12.0 Å². The number of aryl methyl sites for hydroxylation is 1. The maximum absolute atomic E-state index is 13.7. The Bertz CT molecular complexity index is 1650. The van der Waals surface area contributed by atoms with Crippen LogP contribution in [0.25, 0.3) is 23.0 Å². The van der Waals surface area contributed by atoms with Crippen molar-refractivity contribution in [1.29, 1.82) is 0 Å². The van der Waals surface area contributed by atoms with E-state index in [9.17, 15) is 19.2 Å². The van der Waals surface area contributed by atoms with Crippen LogP contribution in [0.1, 0.15) is 22.3 Å². The summed E-state index contributed by atoms with van der Waals surface area (Å²) in [5.74, 6) is -1.46. The lowest BCUT2D eigenvalue weighted by Gasteiger charge is -2.11. The van der Waals surface area contributed by atoms with Gasteiger partial charge in [0.25, 0.3) is 11.5 Å². The minimum atomic E-state index is -0.769. The van der Waals surface area contributed by atoms with Crippen molar-refractivity contribution in [2.45, 2.75) is 20.5 Å². The highest BCUT2D eigenvalue weighted by molar-refractivity contribution is 6.15. The van der Waals surface area contributed by atoms with Crippen molar-refractivity contribution in [3.05, 3.63) is 117 Å². The molecule has 0 unspecified atom stereocenters. The van der Waals surface area contributed by atoms with Gasteiger partial charge in [-0.1, -0.05) is 72.8 Å². The van der Waals surface area contributed by atoms with Gasteiger partial charge in [-0.3, -0.25) is 19.5 Å². The van der Waals surface area contributed by atoms with Crippen LogP contribution < -0.4 is 10.9 Å². The van der Waals surface area contributed by atoms with Gasteiger partial charge in [0, 0.05) is 5.56 Å². The summed E-state index contributed by atoms with van der Waals surface area (Å²) in [6.07, 6.45) is 1.35. The van der Waals surface area contributed by atoms with Gasteiger partial charge in [-0.15, -0.1) is 0 Å². The lowest BCUT2D eigenvalue weighted by molar-refractivity contribution is -0.147. The van der Waals surface area contributed by atoms with Crippen molar-refractivity contribution >= 4 is 24.0 Å². The van der Waals surface area contributed by atoms with E-state index in [1.807, 2.05) is 80.6 Å². The zero-order valence-electron chi connectivity index (χ0n) is 21.4. The number of benzene rings is 3. The molecule has 5 rings (SSSR count). The molecule has 1 aromatic heterocycles. The molecule has 0 spiro atoms. The van der Waals surface area contributed by atoms with E-state index in [2.05, 4.69) is 10.4 Å². The van der Waals surface area contributed by atoms with E-state index in [4.69, 9.17) is 4.74 Å². The molecular formula is C30H26N4O5. The summed E-state index contributed by atoms with van der Waals surface area (Å²) in [4.78, 5) is 52.5. The minimum absolute atomic E-state index is 0.0216. The van der Waals surface area contributed by atoms with Crippen LogP contribution in [-0.2, 0) is 20.9 Å². The van der Waals surface area contributed by atoms with E-state index < -0.39 is 30.0 Å². The molecule has 196 valence electrons. The van der Waals surface area contributed by atoms with Gasteiger partial charge in [-0.25, -0.2) is 14.4 Å². The molecule has 0 saturated carbocycles. The fourth-order valence-electron chi connectivity index (χ4n) is 4.33. The molecule has 0 bridgehead atoms. The molecule has 0 atom stereocenters. The molecule has 1 saturated heterocycles. The fraction of sp³-hybridized carbons (Fsp3) is 0.133. The number of carbonyl (C=O) groups excluding carboxylic acids is 3. The van der Waals surface area contributed by atoms with E-state index in [1.54, 1.807) is 12.1 Å². The number of aromatic nitrogens is 2. The number of H-pyrrole nitrogens is 1. The van der Waals surface area contributed by atoms with Crippen molar-refractivity contribution in [3.63, 3.8) is 0 Å². The van der Waals surface area contributed by atoms with Gasteiger partial charge in [0.2, 0.25) is 0 Å². The van der Waals surface area contributed by atoms with Crippen molar-refractivity contribution in [3.8, 4) is 16.9 Å². The Hall–Kier alpha value is -5.18. The Morgan fingerprint density at radius 3 is 2.31 bits per heavy atom. The number of nitrogens with one attached hydrogen (secondary N) is 2. The molecule has 4 aromatic rings. The van der Waals surface area contributed by atoms with Crippen LogP contribution in [0, 0.1) is 13.8 Å². The quantitative estimate of drug-likeness (QED) is 0.216. The smallest absolute Gasteiger partial charge is 0.329 e. The Kier molecular flexibility index (Phi) is 6.96. The van der Waals surface area contributed by atoms with Crippen LogP contribution >= 0.6 is 0 Å². The average molecular weight is 523 g/mol. The number of hydrogen-bond acceptors (Lipinski definition) is 5. The Labute approximate surface area is 224 Å². The van der Waals surface area contributed by atoms with E-state index in [0.717, 1.165) is 27.2 Å². The van der Waals surface area contributed by atoms with Crippen molar-refractivity contribution in [2.75, 3.05) is 6.54 Å². The first-order valence-corrected chi connectivity index (χ1v) is 12.3. The van der Waals surface area contributed by atoms with E-state index in [1.165, 1.54) is 10.8 Å². The van der Waals surface area contributed by atoms with Gasteiger partial charge < -0.3 is 10.1 Å². The number of aromatic amines is 1. The monoisotopic (exact) mass is 522 g/mol. The molecule has 1 aliphatic rings. The van der Waals surface area contributed by atoms with Crippen LogP contribution in [0.15, 0.2) is 89.4 Å². The second-order valence-electron chi connectivity index (χ2n) is 9.15. The lowest BCUT2D eigenvalue weighted by Crippen LogP contribution is -2.36. The fourth-order valence-corrected chi connectivity index (χ4v) is 4.33. The molecule has 0 aliphatic carbocycles. The van der Waals surface area contributed by atoms with E-state index >= 15 is 0 Å². The summed E-state index contributed by atoms with van der Waals surface area (Å²) >= 11 is 0. The van der Waals surface area contributed by atoms with Crippen LogP contribution in [0.3, 0.4) is 0 Å². The number of esters is 1. The largest absolute Gasteiger partial charge is 0.459 e. The first kappa shape index (κ1) is 25.5. The number of urea groups is 1. The zero-order chi connectivity index (χ0) is 27.5. The highest BCUT2D eigenvalue weighted by atomic mass is 16.5. The summed E-state index contributed by atoms with van der Waals surface area (Å²) in [6, 6.07) is 23.2.